The molecule has 0 aliphatic rings. The van der Waals surface area contributed by atoms with Crippen LogP contribution in [-0.4, -0.2) is 12.6 Å². The van der Waals surface area contributed by atoms with E-state index in [4.69, 9.17) is 10.5 Å². The Morgan fingerprint density at radius 3 is 2.50 bits per heavy atom. The summed E-state index contributed by atoms with van der Waals surface area (Å²) in [4.78, 5) is 0. The molecule has 1 aromatic carbocycles. The van der Waals surface area contributed by atoms with E-state index in [0.29, 0.717) is 5.92 Å². The number of nitrogens with two attached hydrogens (primary N) is 1. The normalized spacial score (nSPS) is 12.8. The van der Waals surface area contributed by atoms with Crippen LogP contribution in [0, 0.1) is 12.8 Å². The van der Waals surface area contributed by atoms with Crippen LogP contribution in [0.5, 0.6) is 5.75 Å². The van der Waals surface area contributed by atoms with Crippen molar-refractivity contribution in [3.05, 3.63) is 27.7 Å². The minimum atomic E-state index is 0.145. The molecule has 1 unspecified atom stereocenters. The first-order valence-corrected chi connectivity index (χ1v) is 7.36. The largest absolute Gasteiger partial charge is 0.493 e. The lowest BCUT2D eigenvalue weighted by molar-refractivity contribution is 0.284. The standard InChI is InChI=1S/C15H24BrNO/c1-10(2)5-6-18-15-11(3)7-14(16)9-13(15)8-12(4)17/h7,9-10,12H,5-6,8,17H2,1-4H3. The van der Waals surface area contributed by atoms with E-state index in [-0.39, 0.29) is 6.04 Å². The highest BCUT2D eigenvalue weighted by Crippen LogP contribution is 2.29. The molecule has 102 valence electrons. The van der Waals surface area contributed by atoms with Gasteiger partial charge in [-0.3, -0.25) is 0 Å². The number of ether oxygens (including phenoxy) is 1. The molecule has 0 bridgehead atoms. The molecular formula is C15H24BrNO. The first-order valence-electron chi connectivity index (χ1n) is 6.57. The van der Waals surface area contributed by atoms with E-state index < -0.39 is 0 Å². The molecular weight excluding hydrogens is 290 g/mol. The van der Waals surface area contributed by atoms with Crippen LogP contribution in [0.2, 0.25) is 0 Å². The van der Waals surface area contributed by atoms with Crippen molar-refractivity contribution in [2.45, 2.75) is 46.6 Å². The average molecular weight is 314 g/mol. The highest BCUT2D eigenvalue weighted by molar-refractivity contribution is 9.10. The van der Waals surface area contributed by atoms with Gasteiger partial charge in [0.2, 0.25) is 0 Å². The fraction of sp³-hybridized carbons (Fsp3) is 0.600. The van der Waals surface area contributed by atoms with Crippen LogP contribution in [0.25, 0.3) is 0 Å². The van der Waals surface area contributed by atoms with Crippen molar-refractivity contribution in [3.63, 3.8) is 0 Å². The summed E-state index contributed by atoms with van der Waals surface area (Å²) in [6, 6.07) is 4.35. The van der Waals surface area contributed by atoms with Gasteiger partial charge >= 0.3 is 0 Å². The fourth-order valence-electron chi connectivity index (χ4n) is 1.90. The molecule has 3 heteroatoms. The summed E-state index contributed by atoms with van der Waals surface area (Å²) in [6.07, 6.45) is 1.92. The molecule has 0 aliphatic heterocycles. The molecule has 0 radical (unpaired) electrons. The maximum absolute atomic E-state index is 5.96. The van der Waals surface area contributed by atoms with Crippen molar-refractivity contribution in [1.82, 2.24) is 0 Å². The minimum Gasteiger partial charge on any atom is -0.493 e. The summed E-state index contributed by atoms with van der Waals surface area (Å²) in [5.74, 6) is 1.67. The number of hydrogen-bond donors (Lipinski definition) is 1. The highest BCUT2D eigenvalue weighted by Gasteiger charge is 2.11. The van der Waals surface area contributed by atoms with Crippen molar-refractivity contribution in [2.75, 3.05) is 6.61 Å². The first kappa shape index (κ1) is 15.5. The van der Waals surface area contributed by atoms with Crippen LogP contribution in [-0.2, 0) is 6.42 Å². The zero-order chi connectivity index (χ0) is 13.7. The molecule has 0 amide bonds. The van der Waals surface area contributed by atoms with E-state index in [1.807, 2.05) is 6.92 Å². The molecule has 0 saturated heterocycles. The van der Waals surface area contributed by atoms with E-state index in [0.717, 1.165) is 29.7 Å². The zero-order valence-electron chi connectivity index (χ0n) is 11.8. The van der Waals surface area contributed by atoms with Crippen LogP contribution in [0.3, 0.4) is 0 Å². The van der Waals surface area contributed by atoms with E-state index in [9.17, 15) is 0 Å². The summed E-state index contributed by atoms with van der Waals surface area (Å²) in [5.41, 5.74) is 8.26. The number of aryl methyl sites for hydroxylation is 1. The molecule has 1 rings (SSSR count). The third-order valence-corrected chi connectivity index (χ3v) is 3.26. The van der Waals surface area contributed by atoms with E-state index >= 15 is 0 Å². The Bertz CT molecular complexity index is 388. The van der Waals surface area contributed by atoms with E-state index in [1.54, 1.807) is 0 Å². The lowest BCUT2D eigenvalue weighted by Gasteiger charge is -2.17. The fourth-order valence-corrected chi connectivity index (χ4v) is 2.52. The van der Waals surface area contributed by atoms with E-state index in [2.05, 4.69) is 48.8 Å². The molecule has 1 aromatic rings. The summed E-state index contributed by atoms with van der Waals surface area (Å²) < 4.78 is 7.05. The minimum absolute atomic E-state index is 0.145. The van der Waals surface area contributed by atoms with Crippen LogP contribution in [0.4, 0.5) is 0 Å². The Morgan fingerprint density at radius 2 is 1.94 bits per heavy atom. The predicted octanol–water partition coefficient (Wildman–Crippen LogP) is 4.07. The van der Waals surface area contributed by atoms with E-state index in [1.165, 1.54) is 11.1 Å². The van der Waals surface area contributed by atoms with Crippen molar-refractivity contribution in [3.8, 4) is 5.75 Å². The maximum Gasteiger partial charge on any atom is 0.125 e. The summed E-state index contributed by atoms with van der Waals surface area (Å²) in [6.45, 7) is 9.29. The molecule has 0 fully saturated rings. The van der Waals surface area contributed by atoms with Crippen molar-refractivity contribution < 1.29 is 4.74 Å². The first-order chi connectivity index (χ1) is 8.40. The van der Waals surface area contributed by atoms with Gasteiger partial charge in [-0.05, 0) is 55.9 Å². The van der Waals surface area contributed by atoms with Gasteiger partial charge in [-0.15, -0.1) is 0 Å². The van der Waals surface area contributed by atoms with Crippen molar-refractivity contribution in [2.24, 2.45) is 11.7 Å². The maximum atomic E-state index is 5.96. The monoisotopic (exact) mass is 313 g/mol. The summed E-state index contributed by atoms with van der Waals surface area (Å²) in [5, 5.41) is 0. The van der Waals surface area contributed by atoms with Gasteiger partial charge in [0.15, 0.2) is 0 Å². The quantitative estimate of drug-likeness (QED) is 0.859. The summed E-state index contributed by atoms with van der Waals surface area (Å²) >= 11 is 3.53. The predicted molar refractivity (Wildman–Crippen MR) is 81.2 cm³/mol. The Labute approximate surface area is 119 Å². The lowest BCUT2D eigenvalue weighted by atomic mass is 10.0. The average Bonchev–Trinajstić information content (AvgIpc) is 2.20. The lowest BCUT2D eigenvalue weighted by Crippen LogP contribution is -2.18. The zero-order valence-corrected chi connectivity index (χ0v) is 13.4. The molecule has 0 spiro atoms. The number of halogens is 1. The molecule has 0 aromatic heterocycles. The van der Waals surface area contributed by atoms with Crippen LogP contribution in [0.15, 0.2) is 16.6 Å². The number of rotatable bonds is 6. The molecule has 0 heterocycles. The Balaban J connectivity index is 2.85. The van der Waals surface area contributed by atoms with Gasteiger partial charge in [-0.1, -0.05) is 29.8 Å². The highest BCUT2D eigenvalue weighted by atomic mass is 79.9. The van der Waals surface area contributed by atoms with Crippen LogP contribution >= 0.6 is 15.9 Å². The molecule has 2 nitrogen and oxygen atoms in total. The Hall–Kier alpha value is -0.540. The van der Waals surface area contributed by atoms with Gasteiger partial charge in [0.25, 0.3) is 0 Å². The second kappa shape index (κ2) is 7.15. The molecule has 1 atom stereocenters. The SMILES string of the molecule is Cc1cc(Br)cc(CC(C)N)c1OCCC(C)C. The van der Waals surface area contributed by atoms with Crippen LogP contribution < -0.4 is 10.5 Å². The van der Waals surface area contributed by atoms with Crippen molar-refractivity contribution >= 4 is 15.9 Å². The van der Waals surface area contributed by atoms with Gasteiger partial charge in [0.05, 0.1) is 6.61 Å². The third-order valence-electron chi connectivity index (χ3n) is 2.80. The Kier molecular flexibility index (Phi) is 6.16. The smallest absolute Gasteiger partial charge is 0.125 e. The Morgan fingerprint density at radius 1 is 1.28 bits per heavy atom. The molecule has 0 saturated carbocycles. The van der Waals surface area contributed by atoms with Gasteiger partial charge in [0, 0.05) is 10.5 Å². The second-order valence-electron chi connectivity index (χ2n) is 5.42. The van der Waals surface area contributed by atoms with Crippen LogP contribution in [0.1, 0.15) is 38.3 Å². The number of benzene rings is 1. The van der Waals surface area contributed by atoms with Gasteiger partial charge in [-0.25, -0.2) is 0 Å². The second-order valence-corrected chi connectivity index (χ2v) is 6.34. The van der Waals surface area contributed by atoms with Crippen molar-refractivity contribution in [1.29, 1.82) is 0 Å². The van der Waals surface area contributed by atoms with Gasteiger partial charge in [-0.2, -0.15) is 0 Å². The topological polar surface area (TPSA) is 35.2 Å². The van der Waals surface area contributed by atoms with Gasteiger partial charge in [0.1, 0.15) is 5.75 Å². The third kappa shape index (κ3) is 4.99. The molecule has 2 N–H and O–H groups in total. The molecule has 18 heavy (non-hydrogen) atoms. The number of hydrogen-bond acceptors (Lipinski definition) is 2. The van der Waals surface area contributed by atoms with Gasteiger partial charge < -0.3 is 10.5 Å². The molecule has 0 aliphatic carbocycles. The summed E-state index contributed by atoms with van der Waals surface area (Å²) in [7, 11) is 0.